The van der Waals surface area contributed by atoms with E-state index in [-0.39, 0.29) is 59.4 Å². The van der Waals surface area contributed by atoms with Gasteiger partial charge >= 0.3 is 5.97 Å². The van der Waals surface area contributed by atoms with Crippen molar-refractivity contribution >= 4 is 23.2 Å². The molecule has 0 aliphatic carbocycles. The molecule has 0 atom stereocenters. The van der Waals surface area contributed by atoms with Gasteiger partial charge in [0, 0.05) is 69.8 Å². The molecule has 0 aliphatic rings. The zero-order chi connectivity index (χ0) is 22.1. The summed E-state index contributed by atoms with van der Waals surface area (Å²) in [4.78, 5) is 31.3. The van der Waals surface area contributed by atoms with E-state index in [9.17, 15) is 9.59 Å². The number of esters is 1. The van der Waals surface area contributed by atoms with Crippen molar-refractivity contribution in [2.75, 3.05) is 11.5 Å². The Labute approximate surface area is 221 Å². The Morgan fingerprint density at radius 3 is 2.52 bits per heavy atom. The van der Waals surface area contributed by atoms with Crippen LogP contribution in [0.2, 0.25) is 0 Å². The van der Waals surface area contributed by atoms with E-state index in [2.05, 4.69) is 10.1 Å². The summed E-state index contributed by atoms with van der Waals surface area (Å²) in [5, 5.41) is 4.35. The van der Waals surface area contributed by atoms with Crippen molar-refractivity contribution in [1.29, 1.82) is 0 Å². The van der Waals surface area contributed by atoms with Crippen LogP contribution in [0.25, 0.3) is 16.9 Å². The van der Waals surface area contributed by atoms with Crippen LogP contribution < -0.4 is 4.90 Å². The molecule has 0 spiro atoms. The number of fused-ring (bicyclic) bond motifs is 1. The summed E-state index contributed by atoms with van der Waals surface area (Å²) < 4.78 is 6.71. The molecule has 1 amide bonds. The molecule has 1 aromatic carbocycles. The first-order chi connectivity index (χ1) is 14.1. The van der Waals surface area contributed by atoms with Gasteiger partial charge in [-0.25, -0.2) is 20.3 Å². The second-order valence-corrected chi connectivity index (χ2v) is 8.23. The Morgan fingerprint density at radius 2 is 1.90 bits per heavy atom. The van der Waals surface area contributed by atoms with Crippen LogP contribution in [0.3, 0.4) is 0 Å². The summed E-state index contributed by atoms with van der Waals surface area (Å²) in [6, 6.07) is 10.4. The summed E-state index contributed by atoms with van der Waals surface area (Å²) >= 11 is 0. The van der Waals surface area contributed by atoms with Crippen LogP contribution in [-0.2, 0) is 9.53 Å². The topological polar surface area (TPSA) is 76.8 Å². The second-order valence-electron chi connectivity index (χ2n) is 8.23. The van der Waals surface area contributed by atoms with Gasteiger partial charge in [0.1, 0.15) is 5.56 Å². The van der Waals surface area contributed by atoms with Crippen molar-refractivity contribution in [1.82, 2.24) is 14.6 Å². The molecule has 0 saturated heterocycles. The maximum Gasteiger partial charge on any atom is 0.343 e. The third-order valence-electron chi connectivity index (χ3n) is 4.59. The molecular weight excluding hydrogens is 553 g/mol. The maximum absolute atomic E-state index is 13.0. The number of aromatic nitrogens is 3. The smallest absolute Gasteiger partial charge is 0.343 e. The summed E-state index contributed by atoms with van der Waals surface area (Å²) in [6.07, 6.45) is 3.10. The number of carbonyl (C=O) groups excluding carboxylic acids is 2. The Kier molecular flexibility index (Phi) is 8.47. The van der Waals surface area contributed by atoms with Crippen molar-refractivity contribution in [3.05, 3.63) is 54.3 Å². The maximum atomic E-state index is 13.0. The number of carbonyl (C=O) groups is 2. The van der Waals surface area contributed by atoms with Crippen LogP contribution in [0, 0.1) is 58.4 Å². The predicted molar refractivity (Wildman–Crippen MR) is 116 cm³/mol. The molecule has 0 unspecified atom stereocenters. The number of rotatable bonds is 5. The minimum Gasteiger partial charge on any atom is -0.462 e. The number of benzene rings is 1. The van der Waals surface area contributed by atoms with Gasteiger partial charge in [-0.1, -0.05) is 32.9 Å². The van der Waals surface area contributed by atoms with E-state index < -0.39 is 11.4 Å². The molecule has 0 bridgehead atoms. The van der Waals surface area contributed by atoms with Gasteiger partial charge in [0.25, 0.3) is 0 Å². The van der Waals surface area contributed by atoms with E-state index in [1.165, 1.54) is 6.20 Å². The van der Waals surface area contributed by atoms with Gasteiger partial charge in [-0.3, -0.25) is 4.79 Å². The van der Waals surface area contributed by atoms with Crippen LogP contribution in [0.4, 0.5) is 5.69 Å². The predicted octanol–water partition coefficient (Wildman–Crippen LogP) is 4.52. The summed E-state index contributed by atoms with van der Waals surface area (Å²) in [6.45, 7) is 11.6. The van der Waals surface area contributed by atoms with Gasteiger partial charge in [0.05, 0.1) is 18.5 Å². The molecule has 0 saturated carbocycles. The number of anilines is 1. The minimum atomic E-state index is -0.520. The summed E-state index contributed by atoms with van der Waals surface area (Å²) in [5.41, 5.74) is 2.61. The van der Waals surface area contributed by atoms with E-state index in [1.807, 2.05) is 65.0 Å². The first-order valence-corrected chi connectivity index (χ1v) is 9.90. The molecule has 0 radical (unpaired) electrons. The number of hydrogen-bond acceptors (Lipinski definition) is 5. The molecule has 0 fully saturated rings. The van der Waals surface area contributed by atoms with Crippen molar-refractivity contribution in [3.63, 3.8) is 0 Å². The third kappa shape index (κ3) is 5.38. The quantitative estimate of drug-likeness (QED) is 0.328. The number of hydrogen-bond donors (Lipinski definition) is 0. The Balaban J connectivity index is 0.00000341. The monoisotopic (exact) mass is 581 g/mol. The molecular formula is C23H27N4O3Yb-. The van der Waals surface area contributed by atoms with Gasteiger partial charge in [-0.05, 0) is 25.1 Å². The molecule has 2 heterocycles. The Hall–Kier alpha value is -1.70. The molecule has 0 aliphatic heterocycles. The van der Waals surface area contributed by atoms with Crippen LogP contribution in [-0.4, -0.2) is 33.1 Å². The van der Waals surface area contributed by atoms with Gasteiger partial charge in [0.2, 0.25) is 5.91 Å². The van der Waals surface area contributed by atoms with Crippen LogP contribution >= 0.6 is 0 Å². The van der Waals surface area contributed by atoms with Gasteiger partial charge in [-0.2, -0.15) is 18.9 Å². The normalized spacial score (nSPS) is 11.3. The standard InChI is InChI=1S/C23H27N4O3.Yb/c1-7-30-21(28)18-14-25-27-19(11-12-24-20(18)27)16-9-8-10-17(13-16)26(15(2)3)22(29)23(4,5)6;/h8-14H,7H2,1-6H3;/q-1;. The SMILES string of the molecule is CCOC(=O)c1cnn2c(-c3cccc(N(C(=O)C(C)(C)C)[C-](C)C)c3)ccnc12.[Yb]. The largest absolute Gasteiger partial charge is 0.462 e. The van der Waals surface area contributed by atoms with E-state index in [4.69, 9.17) is 4.74 Å². The van der Waals surface area contributed by atoms with E-state index in [0.717, 1.165) is 23.0 Å². The first kappa shape index (κ1) is 25.6. The van der Waals surface area contributed by atoms with Crippen LogP contribution in [0.1, 0.15) is 51.9 Å². The van der Waals surface area contributed by atoms with E-state index in [1.54, 1.807) is 22.5 Å². The average molecular weight is 581 g/mol. The third-order valence-corrected chi connectivity index (χ3v) is 4.59. The summed E-state index contributed by atoms with van der Waals surface area (Å²) in [5.74, 6) is -0.438. The molecule has 3 rings (SSSR count). The number of amides is 1. The fourth-order valence-electron chi connectivity index (χ4n) is 3.18. The second kappa shape index (κ2) is 10.3. The van der Waals surface area contributed by atoms with Gasteiger partial charge < -0.3 is 9.64 Å². The molecule has 3 aromatic rings. The van der Waals surface area contributed by atoms with Crippen LogP contribution in [0.15, 0.2) is 42.7 Å². The van der Waals surface area contributed by atoms with Gasteiger partial charge in [-0.15, -0.1) is 0 Å². The zero-order valence-electron chi connectivity index (χ0n) is 18.5. The van der Waals surface area contributed by atoms with E-state index in [0.29, 0.717) is 11.2 Å². The number of nitrogens with zero attached hydrogens (tertiary/aromatic N) is 4. The first-order valence-electron chi connectivity index (χ1n) is 9.90. The summed E-state index contributed by atoms with van der Waals surface area (Å²) in [7, 11) is 0. The zero-order valence-corrected chi connectivity index (χ0v) is 20.2. The Morgan fingerprint density at radius 1 is 1.19 bits per heavy atom. The van der Waals surface area contributed by atoms with Crippen molar-refractivity contribution in [2.24, 2.45) is 5.41 Å². The van der Waals surface area contributed by atoms with Crippen molar-refractivity contribution < 1.29 is 61.2 Å². The fraction of sp³-hybridized carbons (Fsp3) is 0.348. The molecule has 7 nitrogen and oxygen atoms in total. The van der Waals surface area contributed by atoms with Crippen molar-refractivity contribution in [2.45, 2.75) is 41.5 Å². The minimum absolute atomic E-state index is 0. The Bertz CT molecular complexity index is 1090. The van der Waals surface area contributed by atoms with E-state index >= 15 is 0 Å². The molecule has 2 aromatic heterocycles. The fourth-order valence-corrected chi connectivity index (χ4v) is 3.18. The van der Waals surface area contributed by atoms with Crippen molar-refractivity contribution in [3.8, 4) is 11.3 Å². The molecule has 31 heavy (non-hydrogen) atoms. The number of ether oxygens (including phenoxy) is 1. The average Bonchev–Trinajstić information content (AvgIpc) is 3.12. The van der Waals surface area contributed by atoms with Crippen LogP contribution in [0.5, 0.6) is 0 Å². The molecule has 0 N–H and O–H groups in total. The molecule has 8 heteroatoms. The molecule has 172 valence electrons. The van der Waals surface area contributed by atoms with Gasteiger partial charge in [0.15, 0.2) is 5.65 Å².